The van der Waals surface area contributed by atoms with Gasteiger partial charge in [-0.15, -0.1) is 0 Å². The molecule has 0 atom stereocenters. The highest BCUT2D eigenvalue weighted by Gasteiger charge is 2.43. The Labute approximate surface area is 113 Å². The van der Waals surface area contributed by atoms with Crippen molar-refractivity contribution in [2.24, 2.45) is 0 Å². The van der Waals surface area contributed by atoms with E-state index in [0.29, 0.717) is 4.90 Å². The minimum absolute atomic E-state index is 0.0801. The first kappa shape index (κ1) is 13.7. The van der Waals surface area contributed by atoms with Crippen LogP contribution < -0.4 is 0 Å². The van der Waals surface area contributed by atoms with E-state index >= 15 is 0 Å². The van der Waals surface area contributed by atoms with E-state index in [2.05, 4.69) is 0 Å². The van der Waals surface area contributed by atoms with Gasteiger partial charge in [-0.1, -0.05) is 18.2 Å². The van der Waals surface area contributed by atoms with Crippen molar-refractivity contribution in [3.8, 4) is 0 Å². The summed E-state index contributed by atoms with van der Waals surface area (Å²) in [5.74, 6) is -1.87. The quantitative estimate of drug-likeness (QED) is 0.352. The average Bonchev–Trinajstić information content (AvgIpc) is 2.63. The lowest BCUT2D eigenvalue weighted by Gasteiger charge is -2.14. The molecule has 0 saturated carbocycles. The summed E-state index contributed by atoms with van der Waals surface area (Å²) in [4.78, 5) is 46.9. The monoisotopic (exact) mass is 277 g/mol. The van der Waals surface area contributed by atoms with Crippen LogP contribution in [0.4, 0.5) is 10.5 Å². The summed E-state index contributed by atoms with van der Waals surface area (Å²) in [5.41, 5.74) is 0.000417. The van der Waals surface area contributed by atoms with E-state index in [1.165, 1.54) is 18.2 Å². The molecule has 0 aliphatic carbocycles. The molecule has 0 bridgehead atoms. The van der Waals surface area contributed by atoms with Crippen LogP contribution in [-0.4, -0.2) is 39.1 Å². The van der Waals surface area contributed by atoms with Gasteiger partial charge in [0.05, 0.1) is 11.5 Å². The fraction of sp³-hybridized carbons (Fsp3) is 0.250. The van der Waals surface area contributed by atoms with Crippen molar-refractivity contribution in [3.05, 3.63) is 39.9 Å². The standard InChI is InChI=1S/C12H11N3O5/c1-2-13-10(16)11(17)14(12(13)18)7-8-5-3-4-6-9(8)15(19)20/h3-6H,2,7H2,1H3. The van der Waals surface area contributed by atoms with Crippen LogP contribution >= 0.6 is 0 Å². The molecule has 1 aliphatic heterocycles. The Morgan fingerprint density at radius 3 is 2.25 bits per heavy atom. The molecule has 1 aliphatic rings. The SMILES string of the molecule is CCN1C(=O)C(=O)N(Cc2ccccc2[N+](=O)[O-])C1=O. The van der Waals surface area contributed by atoms with Gasteiger partial charge in [0, 0.05) is 18.2 Å². The molecule has 0 radical (unpaired) electrons. The highest BCUT2D eigenvalue weighted by molar-refractivity contribution is 6.44. The number of hydrogen-bond acceptors (Lipinski definition) is 5. The second-order valence-corrected chi connectivity index (χ2v) is 4.11. The van der Waals surface area contributed by atoms with E-state index in [0.717, 1.165) is 4.90 Å². The highest BCUT2D eigenvalue weighted by atomic mass is 16.6. The van der Waals surface area contributed by atoms with Gasteiger partial charge in [-0.2, -0.15) is 0 Å². The number of hydrogen-bond donors (Lipinski definition) is 0. The molecule has 2 rings (SSSR count). The number of para-hydroxylation sites is 1. The predicted molar refractivity (Wildman–Crippen MR) is 66.4 cm³/mol. The van der Waals surface area contributed by atoms with E-state index in [-0.39, 0.29) is 24.3 Å². The van der Waals surface area contributed by atoms with Crippen LogP contribution in [0.3, 0.4) is 0 Å². The molecule has 1 heterocycles. The maximum Gasteiger partial charge on any atom is 0.334 e. The summed E-state index contributed by atoms with van der Waals surface area (Å²) in [7, 11) is 0. The first-order valence-electron chi connectivity index (χ1n) is 5.87. The van der Waals surface area contributed by atoms with Crippen LogP contribution in [0, 0.1) is 10.1 Å². The number of nitro benzene ring substituents is 1. The summed E-state index contributed by atoms with van der Waals surface area (Å²) in [6.07, 6.45) is 0. The summed E-state index contributed by atoms with van der Waals surface area (Å²) in [5, 5.41) is 10.9. The molecule has 1 saturated heterocycles. The Balaban J connectivity index is 2.31. The lowest BCUT2D eigenvalue weighted by Crippen LogP contribution is -2.33. The maximum atomic E-state index is 11.9. The highest BCUT2D eigenvalue weighted by Crippen LogP contribution is 2.22. The van der Waals surface area contributed by atoms with Crippen molar-refractivity contribution in [3.63, 3.8) is 0 Å². The van der Waals surface area contributed by atoms with Crippen molar-refractivity contribution in [2.75, 3.05) is 6.54 Å². The second kappa shape index (κ2) is 5.08. The summed E-state index contributed by atoms with van der Waals surface area (Å²) in [6.45, 7) is 1.35. The lowest BCUT2D eigenvalue weighted by molar-refractivity contribution is -0.385. The van der Waals surface area contributed by atoms with Gasteiger partial charge in [-0.05, 0) is 6.92 Å². The van der Waals surface area contributed by atoms with Crippen LogP contribution in [0.2, 0.25) is 0 Å². The Bertz CT molecular complexity index is 613. The molecule has 0 N–H and O–H groups in total. The van der Waals surface area contributed by atoms with Crippen molar-refractivity contribution in [1.29, 1.82) is 0 Å². The van der Waals surface area contributed by atoms with Gasteiger partial charge < -0.3 is 0 Å². The Morgan fingerprint density at radius 1 is 1.10 bits per heavy atom. The molecule has 4 amide bonds. The van der Waals surface area contributed by atoms with Gasteiger partial charge in [0.25, 0.3) is 5.69 Å². The molecular formula is C12H11N3O5. The van der Waals surface area contributed by atoms with Gasteiger partial charge >= 0.3 is 17.8 Å². The zero-order chi connectivity index (χ0) is 14.9. The van der Waals surface area contributed by atoms with E-state index in [4.69, 9.17) is 0 Å². The second-order valence-electron chi connectivity index (χ2n) is 4.11. The Kier molecular flexibility index (Phi) is 3.47. The van der Waals surface area contributed by atoms with Crippen molar-refractivity contribution >= 4 is 23.5 Å². The maximum absolute atomic E-state index is 11.9. The van der Waals surface area contributed by atoms with Crippen LogP contribution in [0.5, 0.6) is 0 Å². The van der Waals surface area contributed by atoms with Crippen LogP contribution in [0.25, 0.3) is 0 Å². The van der Waals surface area contributed by atoms with E-state index in [1.54, 1.807) is 13.0 Å². The smallest absolute Gasteiger partial charge is 0.263 e. The number of carbonyl (C=O) groups excluding carboxylic acids is 3. The molecule has 0 aromatic heterocycles. The fourth-order valence-electron chi connectivity index (χ4n) is 1.96. The molecular weight excluding hydrogens is 266 g/mol. The molecule has 1 fully saturated rings. The number of urea groups is 1. The van der Waals surface area contributed by atoms with Gasteiger partial charge in [-0.3, -0.25) is 29.5 Å². The molecule has 1 aromatic carbocycles. The van der Waals surface area contributed by atoms with Gasteiger partial charge in [-0.25, -0.2) is 4.79 Å². The molecule has 0 spiro atoms. The number of benzene rings is 1. The van der Waals surface area contributed by atoms with E-state index in [9.17, 15) is 24.5 Å². The van der Waals surface area contributed by atoms with Crippen LogP contribution in [-0.2, 0) is 16.1 Å². The molecule has 8 nitrogen and oxygen atoms in total. The third kappa shape index (κ3) is 2.11. The van der Waals surface area contributed by atoms with Crippen LogP contribution in [0.1, 0.15) is 12.5 Å². The van der Waals surface area contributed by atoms with Gasteiger partial charge in [0.1, 0.15) is 0 Å². The number of carbonyl (C=O) groups is 3. The number of imide groups is 2. The fourth-order valence-corrected chi connectivity index (χ4v) is 1.96. The number of nitro groups is 1. The minimum atomic E-state index is -0.963. The molecule has 8 heteroatoms. The number of nitrogens with zero attached hydrogens (tertiary/aromatic N) is 3. The Hall–Kier alpha value is -2.77. The number of rotatable bonds is 4. The van der Waals surface area contributed by atoms with E-state index < -0.39 is 22.8 Å². The number of likely N-dealkylation sites (N-methyl/N-ethyl adjacent to an activating group) is 1. The van der Waals surface area contributed by atoms with Crippen molar-refractivity contribution < 1.29 is 19.3 Å². The lowest BCUT2D eigenvalue weighted by atomic mass is 10.1. The topological polar surface area (TPSA) is 101 Å². The third-order valence-electron chi connectivity index (χ3n) is 2.97. The molecule has 104 valence electrons. The van der Waals surface area contributed by atoms with Gasteiger partial charge in [0.2, 0.25) is 0 Å². The van der Waals surface area contributed by atoms with E-state index in [1.807, 2.05) is 0 Å². The molecule has 20 heavy (non-hydrogen) atoms. The summed E-state index contributed by atoms with van der Waals surface area (Å²) in [6, 6.07) is 5.02. The van der Waals surface area contributed by atoms with Gasteiger partial charge in [0.15, 0.2) is 0 Å². The normalized spacial score (nSPS) is 15.2. The third-order valence-corrected chi connectivity index (χ3v) is 2.97. The summed E-state index contributed by atoms with van der Waals surface area (Å²) >= 11 is 0. The van der Waals surface area contributed by atoms with Crippen molar-refractivity contribution in [1.82, 2.24) is 9.80 Å². The average molecular weight is 277 g/mol. The van der Waals surface area contributed by atoms with Crippen LogP contribution in [0.15, 0.2) is 24.3 Å². The van der Waals surface area contributed by atoms with Crippen molar-refractivity contribution in [2.45, 2.75) is 13.5 Å². The number of amides is 4. The largest absolute Gasteiger partial charge is 0.334 e. The minimum Gasteiger partial charge on any atom is -0.263 e. The zero-order valence-corrected chi connectivity index (χ0v) is 10.6. The first-order valence-corrected chi connectivity index (χ1v) is 5.87. The zero-order valence-electron chi connectivity index (χ0n) is 10.6. The molecule has 0 unspecified atom stereocenters. The summed E-state index contributed by atoms with van der Waals surface area (Å²) < 4.78 is 0. The Morgan fingerprint density at radius 2 is 1.70 bits per heavy atom. The first-order chi connectivity index (χ1) is 9.47. The molecule has 1 aromatic rings. The predicted octanol–water partition coefficient (Wildman–Crippen LogP) is 0.905.